The number of carbonyl (C=O) groups excluding carboxylic acids is 1. The molecular weight excluding hydrogens is 300 g/mol. The third kappa shape index (κ3) is 3.14. The molecule has 3 nitrogen and oxygen atoms in total. The highest BCUT2D eigenvalue weighted by Crippen LogP contribution is 2.15. The van der Waals surface area contributed by atoms with Crippen LogP contribution in [0, 0.1) is 6.92 Å². The van der Waals surface area contributed by atoms with Crippen LogP contribution in [0.25, 0.3) is 0 Å². The summed E-state index contributed by atoms with van der Waals surface area (Å²) in [7, 11) is 0. The number of nitrogens with one attached hydrogen (secondary N) is 1. The van der Waals surface area contributed by atoms with E-state index in [0.29, 0.717) is 16.7 Å². The van der Waals surface area contributed by atoms with E-state index in [-0.39, 0.29) is 5.91 Å². The summed E-state index contributed by atoms with van der Waals surface area (Å²) in [6.45, 7) is 2.61. The van der Waals surface area contributed by atoms with E-state index in [2.05, 4.69) is 32.3 Å². The first-order chi connectivity index (χ1) is 8.16. The molecule has 0 aliphatic rings. The molecule has 0 radical (unpaired) electrons. The van der Waals surface area contributed by atoms with E-state index in [1.807, 2.05) is 12.3 Å². The molecule has 2 rings (SSSR count). The largest absolute Gasteiger partial charge is 0.347 e. The van der Waals surface area contributed by atoms with E-state index in [4.69, 9.17) is 0 Å². The number of hydrogen-bond donors (Lipinski definition) is 1. The van der Waals surface area contributed by atoms with Gasteiger partial charge in [0.25, 0.3) is 5.91 Å². The molecule has 1 amide bonds. The number of nitrogens with zero attached hydrogens (tertiary/aromatic N) is 1. The van der Waals surface area contributed by atoms with Crippen molar-refractivity contribution in [3.05, 3.63) is 50.4 Å². The van der Waals surface area contributed by atoms with Crippen LogP contribution in [0.5, 0.6) is 0 Å². The molecule has 0 saturated heterocycles. The van der Waals surface area contributed by atoms with Gasteiger partial charge in [-0.2, -0.15) is 0 Å². The number of thiophene rings is 1. The van der Waals surface area contributed by atoms with Crippen LogP contribution in [0.3, 0.4) is 0 Å². The first-order valence-electron chi connectivity index (χ1n) is 5.09. The average molecular weight is 311 g/mol. The highest BCUT2D eigenvalue weighted by atomic mass is 79.9. The Labute approximate surface area is 112 Å². The minimum Gasteiger partial charge on any atom is -0.347 e. The fourth-order valence-corrected chi connectivity index (χ4v) is 2.60. The van der Waals surface area contributed by atoms with E-state index >= 15 is 0 Å². The smallest absolute Gasteiger partial charge is 0.251 e. The van der Waals surface area contributed by atoms with Crippen molar-refractivity contribution in [1.82, 2.24) is 10.3 Å². The maximum absolute atomic E-state index is 11.8. The molecule has 17 heavy (non-hydrogen) atoms. The van der Waals surface area contributed by atoms with Gasteiger partial charge >= 0.3 is 0 Å². The molecule has 2 aromatic rings. The molecule has 0 bridgehead atoms. The van der Waals surface area contributed by atoms with Crippen LogP contribution in [0.1, 0.15) is 20.8 Å². The van der Waals surface area contributed by atoms with E-state index in [0.717, 1.165) is 0 Å². The predicted molar refractivity (Wildman–Crippen MR) is 72.2 cm³/mol. The Kier molecular flexibility index (Phi) is 3.91. The molecule has 1 N–H and O–H groups in total. The van der Waals surface area contributed by atoms with Crippen molar-refractivity contribution < 1.29 is 4.79 Å². The van der Waals surface area contributed by atoms with E-state index in [1.165, 1.54) is 10.4 Å². The second-order valence-electron chi connectivity index (χ2n) is 3.58. The van der Waals surface area contributed by atoms with Gasteiger partial charge in [-0.05, 0) is 52.0 Å². The number of rotatable bonds is 3. The molecule has 5 heteroatoms. The van der Waals surface area contributed by atoms with Crippen LogP contribution in [0.2, 0.25) is 0 Å². The minimum absolute atomic E-state index is 0.0825. The molecule has 0 aromatic carbocycles. The normalized spacial score (nSPS) is 10.2. The molecule has 0 spiro atoms. The van der Waals surface area contributed by atoms with Gasteiger partial charge in [0.2, 0.25) is 0 Å². The van der Waals surface area contributed by atoms with Crippen molar-refractivity contribution >= 4 is 33.2 Å². The molecule has 0 atom stereocenters. The Hall–Kier alpha value is -1.20. The van der Waals surface area contributed by atoms with Crippen molar-refractivity contribution in [3.63, 3.8) is 0 Å². The highest BCUT2D eigenvalue weighted by molar-refractivity contribution is 9.10. The first-order valence-corrected chi connectivity index (χ1v) is 6.77. The van der Waals surface area contributed by atoms with Gasteiger partial charge < -0.3 is 5.32 Å². The summed E-state index contributed by atoms with van der Waals surface area (Å²) >= 11 is 4.90. The molecule has 0 fully saturated rings. The third-order valence-electron chi connectivity index (χ3n) is 2.37. The monoisotopic (exact) mass is 310 g/mol. The SMILES string of the molecule is Cc1ccsc1CNC(=O)c1ccnc(Br)c1. The molecular formula is C12H11BrN2OS. The van der Waals surface area contributed by atoms with Crippen molar-refractivity contribution in [2.75, 3.05) is 0 Å². The van der Waals surface area contributed by atoms with Crippen molar-refractivity contribution in [3.8, 4) is 0 Å². The molecule has 88 valence electrons. The van der Waals surface area contributed by atoms with E-state index < -0.39 is 0 Å². The molecule has 0 aliphatic carbocycles. The van der Waals surface area contributed by atoms with E-state index in [1.54, 1.807) is 29.7 Å². The van der Waals surface area contributed by atoms with Gasteiger partial charge in [-0.25, -0.2) is 4.98 Å². The zero-order valence-electron chi connectivity index (χ0n) is 9.24. The summed E-state index contributed by atoms with van der Waals surface area (Å²) in [5.74, 6) is -0.0825. The lowest BCUT2D eigenvalue weighted by molar-refractivity contribution is 0.0951. The Morgan fingerprint density at radius 1 is 1.53 bits per heavy atom. The van der Waals surface area contributed by atoms with Crippen LogP contribution < -0.4 is 5.32 Å². The van der Waals surface area contributed by atoms with Gasteiger partial charge in [0.05, 0.1) is 6.54 Å². The number of hydrogen-bond acceptors (Lipinski definition) is 3. The lowest BCUT2D eigenvalue weighted by Gasteiger charge is -2.04. The maximum atomic E-state index is 11.8. The zero-order valence-corrected chi connectivity index (χ0v) is 11.6. The summed E-state index contributed by atoms with van der Waals surface area (Å²) in [5.41, 5.74) is 1.83. The standard InChI is InChI=1S/C12H11BrN2OS/c1-8-3-5-17-10(8)7-15-12(16)9-2-4-14-11(13)6-9/h2-6H,7H2,1H3,(H,15,16). The number of carbonyl (C=O) groups is 1. The third-order valence-corrected chi connectivity index (χ3v) is 3.82. The Balaban J connectivity index is 2.01. The summed E-state index contributed by atoms with van der Waals surface area (Å²) in [4.78, 5) is 17.0. The molecule has 0 aliphatic heterocycles. The van der Waals surface area contributed by atoms with Crippen molar-refractivity contribution in [2.24, 2.45) is 0 Å². The summed E-state index contributed by atoms with van der Waals surface area (Å²) in [5, 5.41) is 4.92. The van der Waals surface area contributed by atoms with Crippen LogP contribution in [-0.4, -0.2) is 10.9 Å². The van der Waals surface area contributed by atoms with Crippen LogP contribution in [0.4, 0.5) is 0 Å². The van der Waals surface area contributed by atoms with Gasteiger partial charge in [-0.3, -0.25) is 4.79 Å². The number of pyridine rings is 1. The lowest BCUT2D eigenvalue weighted by atomic mass is 10.2. The van der Waals surface area contributed by atoms with Gasteiger partial charge in [0, 0.05) is 16.6 Å². The summed E-state index contributed by atoms with van der Waals surface area (Å²) in [6.07, 6.45) is 1.61. The predicted octanol–water partition coefficient (Wildman–Crippen LogP) is 3.14. The second-order valence-corrected chi connectivity index (χ2v) is 5.39. The number of aromatic nitrogens is 1. The van der Waals surface area contributed by atoms with Crippen LogP contribution in [-0.2, 0) is 6.54 Å². The topological polar surface area (TPSA) is 42.0 Å². The van der Waals surface area contributed by atoms with Crippen molar-refractivity contribution in [1.29, 1.82) is 0 Å². The van der Waals surface area contributed by atoms with Gasteiger partial charge in [-0.1, -0.05) is 0 Å². The van der Waals surface area contributed by atoms with Crippen LogP contribution in [0.15, 0.2) is 34.4 Å². The maximum Gasteiger partial charge on any atom is 0.251 e. The van der Waals surface area contributed by atoms with Gasteiger partial charge in [-0.15, -0.1) is 11.3 Å². The molecule has 2 aromatic heterocycles. The first kappa shape index (κ1) is 12.3. The second kappa shape index (κ2) is 5.42. The number of aryl methyl sites for hydroxylation is 1. The molecule has 2 heterocycles. The van der Waals surface area contributed by atoms with Gasteiger partial charge in [0.15, 0.2) is 0 Å². The fourth-order valence-electron chi connectivity index (χ4n) is 1.39. The summed E-state index contributed by atoms with van der Waals surface area (Å²) in [6, 6.07) is 5.45. The Bertz CT molecular complexity index is 539. The quantitative estimate of drug-likeness (QED) is 0.885. The van der Waals surface area contributed by atoms with Crippen LogP contribution >= 0.6 is 27.3 Å². The molecule has 0 saturated carbocycles. The zero-order chi connectivity index (χ0) is 12.3. The molecule has 0 unspecified atom stereocenters. The Morgan fingerprint density at radius 2 is 2.35 bits per heavy atom. The average Bonchev–Trinajstić information content (AvgIpc) is 2.72. The Morgan fingerprint density at radius 3 is 3.00 bits per heavy atom. The fraction of sp³-hybridized carbons (Fsp3) is 0.167. The van der Waals surface area contributed by atoms with Crippen molar-refractivity contribution in [2.45, 2.75) is 13.5 Å². The number of amides is 1. The lowest BCUT2D eigenvalue weighted by Crippen LogP contribution is -2.22. The highest BCUT2D eigenvalue weighted by Gasteiger charge is 2.07. The minimum atomic E-state index is -0.0825. The summed E-state index contributed by atoms with van der Waals surface area (Å²) < 4.78 is 0.664. The number of halogens is 1. The van der Waals surface area contributed by atoms with Gasteiger partial charge in [0.1, 0.15) is 4.60 Å². The van der Waals surface area contributed by atoms with E-state index in [9.17, 15) is 4.79 Å².